The lowest BCUT2D eigenvalue weighted by Crippen LogP contribution is -1.96. The molecule has 0 spiro atoms. The van der Waals surface area contributed by atoms with E-state index >= 15 is 4.39 Å². The van der Waals surface area contributed by atoms with Crippen LogP contribution in [-0.4, -0.2) is 0 Å². The number of aryl methyl sites for hydroxylation is 3. The summed E-state index contributed by atoms with van der Waals surface area (Å²) < 4.78 is 15.1. The second-order valence-corrected chi connectivity index (χ2v) is 8.69. The van der Waals surface area contributed by atoms with E-state index < -0.39 is 0 Å². The molecule has 0 fully saturated rings. The number of halogens is 1. The molecule has 0 atom stereocenters. The summed E-state index contributed by atoms with van der Waals surface area (Å²) in [7, 11) is 0. The highest BCUT2D eigenvalue weighted by Gasteiger charge is 2.08. The Balaban J connectivity index is 1.45. The Morgan fingerprint density at radius 1 is 0.676 bits per heavy atom. The van der Waals surface area contributed by atoms with Crippen molar-refractivity contribution in [2.75, 3.05) is 0 Å². The summed E-state index contributed by atoms with van der Waals surface area (Å²) in [5.41, 5.74) is 5.66. The molecule has 2 heteroatoms. The molecular formula is C32H28FN. The molecule has 34 heavy (non-hydrogen) atoms. The fourth-order valence-corrected chi connectivity index (χ4v) is 4.11. The Morgan fingerprint density at radius 3 is 2.03 bits per heavy atom. The third-order valence-corrected chi connectivity index (χ3v) is 6.17. The topological polar surface area (TPSA) is 23.8 Å². The van der Waals surface area contributed by atoms with Crippen molar-refractivity contribution in [1.82, 2.24) is 0 Å². The fraction of sp³-hybridized carbons (Fsp3) is 0.219. The minimum Gasteiger partial charge on any atom is -0.206 e. The number of nitriles is 1. The summed E-state index contributed by atoms with van der Waals surface area (Å²) in [4.78, 5) is 0. The highest BCUT2D eigenvalue weighted by atomic mass is 19.1. The van der Waals surface area contributed by atoms with Gasteiger partial charge in [-0.25, -0.2) is 4.39 Å². The first-order valence-corrected chi connectivity index (χ1v) is 12.0. The molecule has 168 valence electrons. The molecule has 4 aromatic carbocycles. The van der Waals surface area contributed by atoms with Gasteiger partial charge in [0.2, 0.25) is 0 Å². The van der Waals surface area contributed by atoms with Crippen LogP contribution < -0.4 is 0 Å². The fourth-order valence-electron chi connectivity index (χ4n) is 4.11. The van der Waals surface area contributed by atoms with Crippen molar-refractivity contribution in [3.05, 3.63) is 118 Å². The first-order chi connectivity index (χ1) is 16.7. The van der Waals surface area contributed by atoms with Gasteiger partial charge < -0.3 is 0 Å². The molecule has 0 saturated heterocycles. The SMILES string of the molecule is CCCCCc1ccc(C#Cc2ccc3c(F)c(CCc4ccc(C#N)cc4)ccc3c2)cc1. The predicted molar refractivity (Wildman–Crippen MR) is 138 cm³/mol. The molecule has 0 saturated carbocycles. The summed E-state index contributed by atoms with van der Waals surface area (Å²) >= 11 is 0. The van der Waals surface area contributed by atoms with Crippen molar-refractivity contribution in [1.29, 1.82) is 5.26 Å². The van der Waals surface area contributed by atoms with Crippen LogP contribution in [0.3, 0.4) is 0 Å². The third-order valence-electron chi connectivity index (χ3n) is 6.17. The molecule has 0 amide bonds. The standard InChI is InChI=1S/C32H28FN/c1-2-3-4-5-24-6-8-25(9-7-24)10-13-27-17-21-31-30(22-27)20-19-29(32(31)33)18-16-26-11-14-28(23-34)15-12-26/h6-9,11-12,14-15,17,19-22H,2-5,16,18H2,1H3. The summed E-state index contributed by atoms with van der Waals surface area (Å²) in [6.07, 6.45) is 6.19. The van der Waals surface area contributed by atoms with Crippen LogP contribution in [0.4, 0.5) is 4.39 Å². The van der Waals surface area contributed by atoms with Gasteiger partial charge in [-0.3, -0.25) is 0 Å². The lowest BCUT2D eigenvalue weighted by molar-refractivity contribution is 0.620. The molecule has 1 nitrogen and oxygen atoms in total. The molecular weight excluding hydrogens is 417 g/mol. The maximum absolute atomic E-state index is 15.1. The van der Waals surface area contributed by atoms with Gasteiger partial charge >= 0.3 is 0 Å². The van der Waals surface area contributed by atoms with Gasteiger partial charge in [0.15, 0.2) is 0 Å². The second-order valence-electron chi connectivity index (χ2n) is 8.69. The van der Waals surface area contributed by atoms with Gasteiger partial charge in [-0.1, -0.05) is 74.1 Å². The van der Waals surface area contributed by atoms with E-state index in [0.717, 1.165) is 34.9 Å². The zero-order chi connectivity index (χ0) is 23.8. The maximum Gasteiger partial charge on any atom is 0.134 e. The van der Waals surface area contributed by atoms with E-state index in [-0.39, 0.29) is 5.82 Å². The molecule has 0 N–H and O–H groups in total. The molecule has 0 bridgehead atoms. The highest BCUT2D eigenvalue weighted by Crippen LogP contribution is 2.23. The van der Waals surface area contributed by atoms with Crippen LogP contribution in [0.25, 0.3) is 10.8 Å². The monoisotopic (exact) mass is 445 g/mol. The quantitative estimate of drug-likeness (QED) is 0.211. The Hall–Kier alpha value is -3.88. The van der Waals surface area contributed by atoms with Crippen molar-refractivity contribution in [2.24, 2.45) is 0 Å². The molecule has 0 aliphatic carbocycles. The maximum atomic E-state index is 15.1. The highest BCUT2D eigenvalue weighted by molar-refractivity contribution is 5.85. The Morgan fingerprint density at radius 2 is 1.32 bits per heavy atom. The average molecular weight is 446 g/mol. The van der Waals surface area contributed by atoms with E-state index in [4.69, 9.17) is 5.26 Å². The minimum absolute atomic E-state index is 0.163. The number of rotatable bonds is 7. The molecule has 0 radical (unpaired) electrons. The van der Waals surface area contributed by atoms with Gasteiger partial charge in [-0.05, 0) is 84.2 Å². The Kier molecular flexibility index (Phi) is 7.75. The summed E-state index contributed by atoms with van der Waals surface area (Å²) in [5, 5.41) is 10.4. The van der Waals surface area contributed by atoms with Crippen molar-refractivity contribution >= 4 is 10.8 Å². The molecule has 0 aliphatic heterocycles. The number of nitrogens with zero attached hydrogens (tertiary/aromatic N) is 1. The van der Waals surface area contributed by atoms with E-state index in [2.05, 4.69) is 49.1 Å². The van der Waals surface area contributed by atoms with Crippen molar-refractivity contribution in [3.8, 4) is 17.9 Å². The van der Waals surface area contributed by atoms with Crippen molar-refractivity contribution in [3.63, 3.8) is 0 Å². The predicted octanol–water partition coefficient (Wildman–Crippen LogP) is 7.77. The van der Waals surface area contributed by atoms with Crippen molar-refractivity contribution < 1.29 is 4.39 Å². The molecule has 4 aromatic rings. The second kappa shape index (κ2) is 11.3. The van der Waals surface area contributed by atoms with Gasteiger partial charge in [0.05, 0.1) is 11.6 Å². The van der Waals surface area contributed by atoms with Gasteiger partial charge in [-0.15, -0.1) is 0 Å². The van der Waals surface area contributed by atoms with Crippen LogP contribution in [0.5, 0.6) is 0 Å². The number of benzene rings is 4. The summed E-state index contributed by atoms with van der Waals surface area (Å²) in [5.74, 6) is 6.29. The first kappa shape index (κ1) is 23.3. The van der Waals surface area contributed by atoms with E-state index in [1.165, 1.54) is 24.8 Å². The number of hydrogen-bond donors (Lipinski definition) is 0. The summed E-state index contributed by atoms with van der Waals surface area (Å²) in [6.45, 7) is 2.22. The largest absolute Gasteiger partial charge is 0.206 e. The molecule has 4 rings (SSSR count). The molecule has 0 heterocycles. The van der Waals surface area contributed by atoms with Crippen molar-refractivity contribution in [2.45, 2.75) is 45.4 Å². The number of unbranched alkanes of at least 4 members (excludes halogenated alkanes) is 2. The third kappa shape index (κ3) is 5.92. The van der Waals surface area contributed by atoms with Gasteiger partial charge in [-0.2, -0.15) is 5.26 Å². The lowest BCUT2D eigenvalue weighted by atomic mass is 9.98. The van der Waals surface area contributed by atoms with Crippen LogP contribution in [-0.2, 0) is 19.3 Å². The normalized spacial score (nSPS) is 10.5. The zero-order valence-electron chi connectivity index (χ0n) is 19.6. The van der Waals surface area contributed by atoms with Crippen LogP contribution in [0.1, 0.15) is 59.6 Å². The van der Waals surface area contributed by atoms with E-state index in [0.29, 0.717) is 22.9 Å². The Bertz CT molecular complexity index is 1360. The van der Waals surface area contributed by atoms with E-state index in [9.17, 15) is 0 Å². The average Bonchev–Trinajstić information content (AvgIpc) is 2.88. The van der Waals surface area contributed by atoms with Crippen LogP contribution in [0.15, 0.2) is 78.9 Å². The van der Waals surface area contributed by atoms with Gasteiger partial charge in [0.1, 0.15) is 5.82 Å². The van der Waals surface area contributed by atoms with Gasteiger partial charge in [0.25, 0.3) is 0 Å². The van der Waals surface area contributed by atoms with E-state index in [1.54, 1.807) is 12.1 Å². The smallest absolute Gasteiger partial charge is 0.134 e. The number of fused-ring (bicyclic) bond motifs is 1. The zero-order valence-corrected chi connectivity index (χ0v) is 19.6. The first-order valence-electron chi connectivity index (χ1n) is 12.0. The lowest BCUT2D eigenvalue weighted by Gasteiger charge is -2.08. The van der Waals surface area contributed by atoms with E-state index in [1.807, 2.05) is 42.5 Å². The molecule has 0 unspecified atom stereocenters. The van der Waals surface area contributed by atoms with Crippen LogP contribution >= 0.6 is 0 Å². The minimum atomic E-state index is -0.163. The van der Waals surface area contributed by atoms with Crippen LogP contribution in [0.2, 0.25) is 0 Å². The van der Waals surface area contributed by atoms with Crippen LogP contribution in [0, 0.1) is 29.0 Å². The summed E-state index contributed by atoms with van der Waals surface area (Å²) in [6, 6.07) is 27.6. The molecule has 0 aromatic heterocycles. The molecule has 0 aliphatic rings. The Labute approximate surface area is 201 Å². The van der Waals surface area contributed by atoms with Gasteiger partial charge in [0, 0.05) is 16.5 Å². The number of hydrogen-bond acceptors (Lipinski definition) is 1.